The number of ether oxygens (including phenoxy) is 1. The summed E-state index contributed by atoms with van der Waals surface area (Å²) in [5.41, 5.74) is 1.32. The van der Waals surface area contributed by atoms with E-state index in [-0.39, 0.29) is 5.78 Å². The largest absolute Gasteiger partial charge is 0.493 e. The maximum absolute atomic E-state index is 12.2. The lowest BCUT2D eigenvalue weighted by Crippen LogP contribution is -2.04. The van der Waals surface area contributed by atoms with Crippen molar-refractivity contribution in [1.29, 1.82) is 0 Å². The highest BCUT2D eigenvalue weighted by Gasteiger charge is 2.07. The summed E-state index contributed by atoms with van der Waals surface area (Å²) in [4.78, 5) is 12.2. The zero-order chi connectivity index (χ0) is 16.8. The van der Waals surface area contributed by atoms with Crippen LogP contribution in [0.3, 0.4) is 0 Å². The number of ketones is 1. The summed E-state index contributed by atoms with van der Waals surface area (Å²) in [7, 11) is 0. The molecule has 0 atom stereocenters. The zero-order valence-electron chi connectivity index (χ0n) is 13.1. The molecular weight excluding hydrogens is 331 g/mol. The Morgan fingerprint density at radius 1 is 1.17 bits per heavy atom. The predicted molar refractivity (Wildman–Crippen MR) is 96.6 cm³/mol. The quantitative estimate of drug-likeness (QED) is 0.478. The van der Waals surface area contributed by atoms with Gasteiger partial charge in [-0.3, -0.25) is 4.79 Å². The molecule has 0 aliphatic rings. The van der Waals surface area contributed by atoms with Crippen LogP contribution in [0.2, 0.25) is 10.0 Å². The van der Waals surface area contributed by atoms with Gasteiger partial charge >= 0.3 is 0 Å². The molecule has 0 spiro atoms. The number of carbonyl (C=O) groups excluding carboxylic acids is 1. The van der Waals surface area contributed by atoms with Gasteiger partial charge in [0.05, 0.1) is 11.6 Å². The molecule has 2 nitrogen and oxygen atoms in total. The van der Waals surface area contributed by atoms with Crippen molar-refractivity contribution in [1.82, 2.24) is 0 Å². The van der Waals surface area contributed by atoms with Crippen LogP contribution in [0.1, 0.15) is 29.8 Å². The predicted octanol–water partition coefficient (Wildman–Crippen LogP) is 5.92. The van der Waals surface area contributed by atoms with E-state index in [9.17, 15) is 4.79 Å². The number of benzene rings is 2. The van der Waals surface area contributed by atoms with E-state index in [1.807, 2.05) is 24.3 Å². The van der Waals surface area contributed by atoms with Gasteiger partial charge < -0.3 is 4.74 Å². The van der Waals surface area contributed by atoms with Crippen LogP contribution in [0, 0.1) is 5.92 Å². The van der Waals surface area contributed by atoms with Gasteiger partial charge in [0, 0.05) is 10.6 Å². The van der Waals surface area contributed by atoms with E-state index in [0.29, 0.717) is 28.1 Å². The molecule has 0 saturated carbocycles. The standard InChI is InChI=1S/C19H18Cl2O2/c1-13(2)12-23-16-5-3-4-14(10-16)6-9-19(22)17-8-7-15(20)11-18(17)21/h3-11,13H,12H2,1-2H3/b9-6+. The van der Waals surface area contributed by atoms with Gasteiger partial charge in [-0.25, -0.2) is 0 Å². The van der Waals surface area contributed by atoms with Crippen LogP contribution < -0.4 is 4.74 Å². The Labute approximate surface area is 146 Å². The van der Waals surface area contributed by atoms with Crippen molar-refractivity contribution in [2.24, 2.45) is 5.92 Å². The Balaban J connectivity index is 2.10. The van der Waals surface area contributed by atoms with E-state index in [1.54, 1.807) is 24.3 Å². The number of halogens is 2. The summed E-state index contributed by atoms with van der Waals surface area (Å²) in [5, 5.41) is 0.853. The molecule has 2 aromatic rings. The Morgan fingerprint density at radius 3 is 2.65 bits per heavy atom. The fraction of sp³-hybridized carbons (Fsp3) is 0.211. The smallest absolute Gasteiger partial charge is 0.187 e. The Hall–Kier alpha value is -1.77. The molecular formula is C19H18Cl2O2. The van der Waals surface area contributed by atoms with Crippen molar-refractivity contribution in [3.63, 3.8) is 0 Å². The Kier molecular flexibility index (Phi) is 6.26. The minimum absolute atomic E-state index is 0.167. The average molecular weight is 349 g/mol. The summed E-state index contributed by atoms with van der Waals surface area (Å²) in [5.74, 6) is 1.08. The van der Waals surface area contributed by atoms with Gasteiger partial charge in [0.2, 0.25) is 0 Å². The van der Waals surface area contributed by atoms with Gasteiger partial charge in [0.1, 0.15) is 5.75 Å². The van der Waals surface area contributed by atoms with Crippen molar-refractivity contribution in [3.8, 4) is 5.75 Å². The SMILES string of the molecule is CC(C)COc1cccc(/C=C/C(=O)c2ccc(Cl)cc2Cl)c1. The molecule has 0 fully saturated rings. The average Bonchev–Trinajstić information content (AvgIpc) is 2.51. The first-order valence-corrected chi connectivity index (χ1v) is 8.11. The van der Waals surface area contributed by atoms with Crippen LogP contribution in [0.4, 0.5) is 0 Å². The fourth-order valence-corrected chi connectivity index (χ4v) is 2.42. The molecule has 4 heteroatoms. The molecule has 2 aromatic carbocycles. The number of hydrogen-bond donors (Lipinski definition) is 0. The molecule has 0 aliphatic carbocycles. The number of carbonyl (C=O) groups is 1. The molecule has 0 saturated heterocycles. The number of hydrogen-bond acceptors (Lipinski definition) is 2. The summed E-state index contributed by atoms with van der Waals surface area (Å²) in [6.45, 7) is 4.85. The maximum atomic E-state index is 12.2. The second kappa shape index (κ2) is 8.19. The Morgan fingerprint density at radius 2 is 1.96 bits per heavy atom. The maximum Gasteiger partial charge on any atom is 0.187 e. The third-order valence-electron chi connectivity index (χ3n) is 3.07. The fourth-order valence-electron chi connectivity index (χ4n) is 1.92. The first kappa shape index (κ1) is 17.6. The first-order chi connectivity index (χ1) is 11.0. The lowest BCUT2D eigenvalue weighted by Gasteiger charge is -2.08. The molecule has 23 heavy (non-hydrogen) atoms. The van der Waals surface area contributed by atoms with Gasteiger partial charge in [-0.2, -0.15) is 0 Å². The molecule has 0 heterocycles. The molecule has 0 N–H and O–H groups in total. The third-order valence-corrected chi connectivity index (χ3v) is 3.61. The lowest BCUT2D eigenvalue weighted by molar-refractivity contribution is 0.104. The van der Waals surface area contributed by atoms with E-state index < -0.39 is 0 Å². The van der Waals surface area contributed by atoms with Crippen LogP contribution >= 0.6 is 23.2 Å². The lowest BCUT2D eigenvalue weighted by atomic mass is 10.1. The summed E-state index contributed by atoms with van der Waals surface area (Å²) < 4.78 is 5.68. The van der Waals surface area contributed by atoms with Crippen molar-refractivity contribution < 1.29 is 9.53 Å². The first-order valence-electron chi connectivity index (χ1n) is 7.36. The van der Waals surface area contributed by atoms with E-state index in [4.69, 9.17) is 27.9 Å². The van der Waals surface area contributed by atoms with Gasteiger partial charge in [-0.15, -0.1) is 0 Å². The minimum Gasteiger partial charge on any atom is -0.493 e. The zero-order valence-corrected chi connectivity index (χ0v) is 14.6. The number of rotatable bonds is 6. The molecule has 0 bridgehead atoms. The van der Waals surface area contributed by atoms with E-state index >= 15 is 0 Å². The van der Waals surface area contributed by atoms with Gasteiger partial charge in [-0.05, 0) is 47.9 Å². The number of allylic oxidation sites excluding steroid dienone is 1. The van der Waals surface area contributed by atoms with Crippen LogP contribution in [0.25, 0.3) is 6.08 Å². The third kappa shape index (κ3) is 5.42. The van der Waals surface area contributed by atoms with E-state index in [2.05, 4.69) is 13.8 Å². The second-order valence-corrected chi connectivity index (χ2v) is 6.44. The van der Waals surface area contributed by atoms with E-state index in [0.717, 1.165) is 11.3 Å². The molecule has 120 valence electrons. The van der Waals surface area contributed by atoms with E-state index in [1.165, 1.54) is 6.08 Å². The highest BCUT2D eigenvalue weighted by molar-refractivity contribution is 6.37. The van der Waals surface area contributed by atoms with Crippen LogP contribution in [-0.2, 0) is 0 Å². The van der Waals surface area contributed by atoms with Gasteiger partial charge in [-0.1, -0.05) is 55.3 Å². The monoisotopic (exact) mass is 348 g/mol. The Bertz CT molecular complexity index is 721. The van der Waals surface area contributed by atoms with Gasteiger partial charge in [0.25, 0.3) is 0 Å². The molecule has 2 rings (SSSR count). The van der Waals surface area contributed by atoms with Crippen molar-refractivity contribution in [3.05, 3.63) is 69.7 Å². The molecule has 0 aromatic heterocycles. The molecule has 0 aliphatic heterocycles. The molecule has 0 amide bonds. The topological polar surface area (TPSA) is 26.3 Å². The minimum atomic E-state index is -0.167. The highest BCUT2D eigenvalue weighted by Crippen LogP contribution is 2.22. The molecule has 0 unspecified atom stereocenters. The van der Waals surface area contributed by atoms with Gasteiger partial charge in [0.15, 0.2) is 5.78 Å². The summed E-state index contributed by atoms with van der Waals surface area (Å²) >= 11 is 11.9. The summed E-state index contributed by atoms with van der Waals surface area (Å²) in [6, 6.07) is 12.4. The van der Waals surface area contributed by atoms with Crippen LogP contribution in [0.5, 0.6) is 5.75 Å². The van der Waals surface area contributed by atoms with Crippen LogP contribution in [-0.4, -0.2) is 12.4 Å². The van der Waals surface area contributed by atoms with Crippen molar-refractivity contribution >= 4 is 35.1 Å². The van der Waals surface area contributed by atoms with Crippen molar-refractivity contribution in [2.45, 2.75) is 13.8 Å². The normalized spacial score (nSPS) is 11.2. The summed E-state index contributed by atoms with van der Waals surface area (Å²) in [6.07, 6.45) is 3.24. The van der Waals surface area contributed by atoms with Crippen molar-refractivity contribution in [2.75, 3.05) is 6.61 Å². The molecule has 0 radical (unpaired) electrons. The van der Waals surface area contributed by atoms with Crippen LogP contribution in [0.15, 0.2) is 48.5 Å². The second-order valence-electron chi connectivity index (χ2n) is 5.60. The highest BCUT2D eigenvalue weighted by atomic mass is 35.5.